The summed E-state index contributed by atoms with van der Waals surface area (Å²) in [7, 11) is -1.36. The van der Waals surface area contributed by atoms with Crippen LogP contribution in [0.1, 0.15) is 58.2 Å². The smallest absolute Gasteiger partial charge is 0.0776 e. The lowest BCUT2D eigenvalue weighted by atomic mass is 9.79. The molecule has 0 aromatic heterocycles. The van der Waals surface area contributed by atoms with Gasteiger partial charge in [0.15, 0.2) is 0 Å². The maximum atomic E-state index is 4.40. The van der Waals surface area contributed by atoms with Crippen LogP contribution < -0.4 is 0 Å². The van der Waals surface area contributed by atoms with Gasteiger partial charge in [0.2, 0.25) is 0 Å². The molecule has 0 N–H and O–H groups in total. The summed E-state index contributed by atoms with van der Waals surface area (Å²) in [5.74, 6) is 0. The molecule has 0 aliphatic carbocycles. The van der Waals surface area contributed by atoms with Crippen LogP contribution in [0.5, 0.6) is 0 Å². The van der Waals surface area contributed by atoms with Crippen molar-refractivity contribution in [2.45, 2.75) is 72.0 Å². The minimum atomic E-state index is -1.36. The second-order valence-electron chi connectivity index (χ2n) is 9.03. The summed E-state index contributed by atoms with van der Waals surface area (Å²) in [6, 6.07) is 7.09. The summed E-state index contributed by atoms with van der Waals surface area (Å²) in [5, 5.41) is 1.36. The van der Waals surface area contributed by atoms with E-state index in [1.54, 1.807) is 0 Å². The Morgan fingerprint density at radius 1 is 0.800 bits per heavy atom. The third kappa shape index (κ3) is 4.08. The van der Waals surface area contributed by atoms with Gasteiger partial charge in [0, 0.05) is 0 Å². The maximum Gasteiger partial charge on any atom is 0.0776 e. The van der Waals surface area contributed by atoms with Gasteiger partial charge in [0.1, 0.15) is 0 Å². The minimum absolute atomic E-state index is 0.176. The lowest BCUT2D eigenvalue weighted by Gasteiger charge is -2.28. The first-order valence-corrected chi connectivity index (χ1v) is 11.1. The van der Waals surface area contributed by atoms with E-state index in [0.717, 1.165) is 0 Å². The van der Waals surface area contributed by atoms with Crippen molar-refractivity contribution in [3.8, 4) is 0 Å². The van der Waals surface area contributed by atoms with Crippen molar-refractivity contribution in [3.63, 3.8) is 0 Å². The summed E-state index contributed by atoms with van der Waals surface area (Å²) in [5.41, 5.74) is 4.53. The Morgan fingerprint density at radius 3 is 1.40 bits per heavy atom. The van der Waals surface area contributed by atoms with E-state index in [1.807, 2.05) is 0 Å². The van der Waals surface area contributed by atoms with Gasteiger partial charge in [0.25, 0.3) is 0 Å². The lowest BCUT2D eigenvalue weighted by molar-refractivity contribution is 0.568. The highest BCUT2D eigenvalue weighted by molar-refractivity contribution is 6.93. The molecule has 0 fully saturated rings. The van der Waals surface area contributed by atoms with E-state index in [0.29, 0.717) is 0 Å². The van der Waals surface area contributed by atoms with Gasteiger partial charge < -0.3 is 0 Å². The lowest BCUT2D eigenvalue weighted by Crippen LogP contribution is -2.23. The van der Waals surface area contributed by atoms with Crippen molar-refractivity contribution in [2.75, 3.05) is 0 Å². The fraction of sp³-hybridized carbons (Fsp3) is 0.579. The molecule has 0 atom stereocenters. The summed E-state index contributed by atoms with van der Waals surface area (Å²) < 4.78 is 0. The van der Waals surface area contributed by atoms with Crippen molar-refractivity contribution < 1.29 is 0 Å². The Bertz CT molecular complexity index is 470. The standard InChI is InChI=1S/C19H32Si/c1-14(20(8,9)10)15-11-16(18(2,3)4)13-17(12-15)19(5,6)7/h11-13H,1H2,2-10H3. The number of hydrogen-bond donors (Lipinski definition) is 0. The molecule has 20 heavy (non-hydrogen) atoms. The molecular formula is C19H32Si. The topological polar surface area (TPSA) is 0 Å². The van der Waals surface area contributed by atoms with Crippen molar-refractivity contribution in [2.24, 2.45) is 0 Å². The van der Waals surface area contributed by atoms with Crippen LogP contribution in [0.2, 0.25) is 19.6 Å². The van der Waals surface area contributed by atoms with Crippen LogP contribution in [0.15, 0.2) is 24.8 Å². The van der Waals surface area contributed by atoms with Gasteiger partial charge in [-0.1, -0.05) is 91.2 Å². The molecule has 0 aliphatic rings. The molecule has 1 rings (SSSR count). The molecule has 0 heterocycles. The molecule has 0 radical (unpaired) electrons. The quantitative estimate of drug-likeness (QED) is 0.571. The molecule has 1 aromatic rings. The van der Waals surface area contributed by atoms with E-state index in [1.165, 1.54) is 21.9 Å². The Balaban J connectivity index is 3.51. The Kier molecular flexibility index (Phi) is 4.46. The molecule has 112 valence electrons. The first-order valence-electron chi connectivity index (χ1n) is 7.59. The van der Waals surface area contributed by atoms with Crippen LogP contribution in [0, 0.1) is 0 Å². The van der Waals surface area contributed by atoms with E-state index in [4.69, 9.17) is 0 Å². The first-order chi connectivity index (χ1) is 8.73. The van der Waals surface area contributed by atoms with Crippen LogP contribution in [0.3, 0.4) is 0 Å². The zero-order valence-corrected chi connectivity index (χ0v) is 15.9. The molecule has 0 aliphatic heterocycles. The number of hydrogen-bond acceptors (Lipinski definition) is 0. The maximum absolute atomic E-state index is 4.40. The summed E-state index contributed by atoms with van der Waals surface area (Å²) >= 11 is 0. The molecular weight excluding hydrogens is 256 g/mol. The van der Waals surface area contributed by atoms with Crippen LogP contribution in [0.25, 0.3) is 5.20 Å². The van der Waals surface area contributed by atoms with Gasteiger partial charge >= 0.3 is 0 Å². The van der Waals surface area contributed by atoms with Crippen molar-refractivity contribution in [1.29, 1.82) is 0 Å². The van der Waals surface area contributed by atoms with Crippen LogP contribution in [-0.4, -0.2) is 8.07 Å². The Labute approximate surface area is 127 Å². The summed E-state index contributed by atoms with van der Waals surface area (Å²) in [6.07, 6.45) is 0. The van der Waals surface area contributed by atoms with Gasteiger partial charge in [-0.25, -0.2) is 0 Å². The highest BCUT2D eigenvalue weighted by Crippen LogP contribution is 2.34. The van der Waals surface area contributed by atoms with Crippen molar-refractivity contribution >= 4 is 13.3 Å². The summed E-state index contributed by atoms with van der Waals surface area (Å²) in [6.45, 7) is 25.2. The highest BCUT2D eigenvalue weighted by atomic mass is 28.3. The molecule has 0 saturated carbocycles. The van der Waals surface area contributed by atoms with Crippen LogP contribution in [-0.2, 0) is 10.8 Å². The molecule has 1 heteroatoms. The van der Waals surface area contributed by atoms with Crippen molar-refractivity contribution in [1.82, 2.24) is 0 Å². The number of benzene rings is 1. The molecule has 0 saturated heterocycles. The summed E-state index contributed by atoms with van der Waals surface area (Å²) in [4.78, 5) is 0. The fourth-order valence-corrected chi connectivity index (χ4v) is 3.11. The molecule has 1 aromatic carbocycles. The van der Waals surface area contributed by atoms with Crippen molar-refractivity contribution in [3.05, 3.63) is 41.5 Å². The first kappa shape index (κ1) is 17.2. The van der Waals surface area contributed by atoms with E-state index < -0.39 is 8.07 Å². The SMILES string of the molecule is C=C(c1cc(C(C)(C)C)cc(C(C)(C)C)c1)[Si](C)(C)C. The van der Waals surface area contributed by atoms with Gasteiger partial charge in [-0.3, -0.25) is 0 Å². The molecule has 0 unspecified atom stereocenters. The minimum Gasteiger partial charge on any atom is -0.0992 e. The average molecular weight is 289 g/mol. The zero-order chi connectivity index (χ0) is 15.9. The normalized spacial score (nSPS) is 13.4. The van der Waals surface area contributed by atoms with E-state index >= 15 is 0 Å². The largest absolute Gasteiger partial charge is 0.0992 e. The van der Waals surface area contributed by atoms with E-state index in [-0.39, 0.29) is 10.8 Å². The molecule has 0 nitrogen and oxygen atoms in total. The monoisotopic (exact) mass is 288 g/mol. The third-order valence-corrected chi connectivity index (χ3v) is 6.02. The highest BCUT2D eigenvalue weighted by Gasteiger charge is 2.24. The molecule has 0 amide bonds. The molecule has 0 spiro atoms. The second kappa shape index (κ2) is 5.18. The average Bonchev–Trinajstić information content (AvgIpc) is 2.23. The predicted molar refractivity (Wildman–Crippen MR) is 96.2 cm³/mol. The van der Waals surface area contributed by atoms with Gasteiger partial charge in [-0.15, -0.1) is 0 Å². The second-order valence-corrected chi connectivity index (χ2v) is 14.1. The Hall–Kier alpha value is -0.823. The molecule has 0 bridgehead atoms. The van der Waals surface area contributed by atoms with Crippen LogP contribution in [0.4, 0.5) is 0 Å². The van der Waals surface area contributed by atoms with Crippen LogP contribution >= 0.6 is 0 Å². The van der Waals surface area contributed by atoms with Gasteiger partial charge in [-0.2, -0.15) is 0 Å². The van der Waals surface area contributed by atoms with E-state index in [9.17, 15) is 0 Å². The third-order valence-electron chi connectivity index (χ3n) is 3.92. The predicted octanol–water partition coefficient (Wildman–Crippen LogP) is 6.17. The Morgan fingerprint density at radius 2 is 1.15 bits per heavy atom. The van der Waals surface area contributed by atoms with E-state index in [2.05, 4.69) is 86.0 Å². The fourth-order valence-electron chi connectivity index (χ4n) is 2.10. The van der Waals surface area contributed by atoms with Gasteiger partial charge in [0.05, 0.1) is 8.07 Å². The zero-order valence-electron chi connectivity index (χ0n) is 14.9. The number of rotatable bonds is 2. The van der Waals surface area contributed by atoms with Gasteiger partial charge in [-0.05, 0) is 27.5 Å².